The molecule has 1 saturated heterocycles. The Morgan fingerprint density at radius 1 is 1.15 bits per heavy atom. The van der Waals surface area contributed by atoms with Crippen LogP contribution in [-0.4, -0.2) is 38.7 Å². The molecule has 2 bridgehead atoms. The van der Waals surface area contributed by atoms with Gasteiger partial charge in [0, 0.05) is 26.6 Å². The van der Waals surface area contributed by atoms with Gasteiger partial charge in [0.2, 0.25) is 0 Å². The average Bonchev–Trinajstić information content (AvgIpc) is 3.02. The number of hydrogen-bond acceptors (Lipinski definition) is 6. The molecule has 110 valence electrons. The van der Waals surface area contributed by atoms with Gasteiger partial charge in [-0.2, -0.15) is 0 Å². The summed E-state index contributed by atoms with van der Waals surface area (Å²) < 4.78 is 8.90. The maximum Gasteiger partial charge on any atom is 0.317 e. The number of fused-ring (bicyclic) bond motifs is 5. The van der Waals surface area contributed by atoms with Gasteiger partial charge in [-0.1, -0.05) is 0 Å². The topological polar surface area (TPSA) is 86.7 Å². The SMILES string of the molecule is COC.O=CCC1C(C=O)C2CC1C1C(=O)OC(=O)C21. The van der Waals surface area contributed by atoms with E-state index < -0.39 is 23.8 Å². The van der Waals surface area contributed by atoms with E-state index in [1.165, 1.54) is 0 Å². The molecule has 3 aliphatic rings. The molecule has 1 heterocycles. The zero-order chi connectivity index (χ0) is 14.9. The number of esters is 2. The fourth-order valence-electron chi connectivity index (χ4n) is 4.10. The van der Waals surface area contributed by atoms with Crippen molar-refractivity contribution in [3.8, 4) is 0 Å². The van der Waals surface area contributed by atoms with Crippen LogP contribution in [0.25, 0.3) is 0 Å². The van der Waals surface area contributed by atoms with Crippen molar-refractivity contribution in [2.24, 2.45) is 35.5 Å². The number of cyclic esters (lactones) is 2. The first-order chi connectivity index (χ1) is 9.60. The monoisotopic (exact) mass is 282 g/mol. The molecule has 0 aromatic heterocycles. The van der Waals surface area contributed by atoms with Crippen LogP contribution in [0.3, 0.4) is 0 Å². The Morgan fingerprint density at radius 3 is 2.20 bits per heavy atom. The molecule has 6 heteroatoms. The Kier molecular flexibility index (Phi) is 4.32. The summed E-state index contributed by atoms with van der Waals surface area (Å²) in [6, 6.07) is 0. The van der Waals surface area contributed by atoms with Crippen molar-refractivity contribution in [1.29, 1.82) is 0 Å². The van der Waals surface area contributed by atoms with Crippen molar-refractivity contribution >= 4 is 24.5 Å². The summed E-state index contributed by atoms with van der Waals surface area (Å²) in [7, 11) is 3.25. The maximum absolute atomic E-state index is 11.6. The standard InChI is InChI=1S/C12H12O5.C2H6O/c13-2-1-5-6-3-7(8(5)4-14)10-9(6)11(15)17-12(10)16;1-3-2/h2,4-10H,1,3H2;1-2H3. The zero-order valence-electron chi connectivity index (χ0n) is 11.5. The molecule has 0 spiro atoms. The van der Waals surface area contributed by atoms with Crippen molar-refractivity contribution in [2.75, 3.05) is 14.2 Å². The fraction of sp³-hybridized carbons (Fsp3) is 0.714. The van der Waals surface area contributed by atoms with Crippen molar-refractivity contribution in [3.63, 3.8) is 0 Å². The fourth-order valence-corrected chi connectivity index (χ4v) is 4.10. The van der Waals surface area contributed by atoms with E-state index in [4.69, 9.17) is 0 Å². The van der Waals surface area contributed by atoms with Gasteiger partial charge in [-0.25, -0.2) is 0 Å². The van der Waals surface area contributed by atoms with E-state index in [0.29, 0.717) is 6.42 Å². The van der Waals surface area contributed by atoms with Crippen LogP contribution in [0.5, 0.6) is 0 Å². The summed E-state index contributed by atoms with van der Waals surface area (Å²) in [5.41, 5.74) is 0. The Bertz CT molecular complexity index is 431. The van der Waals surface area contributed by atoms with Crippen LogP contribution in [0.4, 0.5) is 0 Å². The molecular weight excluding hydrogens is 264 g/mol. The van der Waals surface area contributed by atoms with Crippen LogP contribution in [0.15, 0.2) is 0 Å². The zero-order valence-corrected chi connectivity index (χ0v) is 11.5. The molecule has 6 atom stereocenters. The van der Waals surface area contributed by atoms with E-state index >= 15 is 0 Å². The molecule has 1 aliphatic heterocycles. The third-order valence-corrected chi connectivity index (χ3v) is 4.66. The third kappa shape index (κ3) is 2.08. The Morgan fingerprint density at radius 2 is 1.70 bits per heavy atom. The van der Waals surface area contributed by atoms with Gasteiger partial charge >= 0.3 is 11.9 Å². The first-order valence-corrected chi connectivity index (χ1v) is 6.65. The molecule has 0 amide bonds. The van der Waals surface area contributed by atoms with Crippen LogP contribution in [0.1, 0.15) is 12.8 Å². The molecule has 6 nitrogen and oxygen atoms in total. The molecule has 0 N–H and O–H groups in total. The summed E-state index contributed by atoms with van der Waals surface area (Å²) in [5.74, 6) is -2.30. The Hall–Kier alpha value is -1.56. The molecule has 2 aliphatic carbocycles. The second-order valence-corrected chi connectivity index (χ2v) is 5.54. The minimum atomic E-state index is -0.482. The molecular formula is C14H18O6. The van der Waals surface area contributed by atoms with Gasteiger partial charge in [-0.05, 0) is 24.2 Å². The lowest BCUT2D eigenvalue weighted by Crippen LogP contribution is -2.37. The van der Waals surface area contributed by atoms with Crippen molar-refractivity contribution in [1.82, 2.24) is 0 Å². The predicted molar refractivity (Wildman–Crippen MR) is 66.3 cm³/mol. The first-order valence-electron chi connectivity index (χ1n) is 6.65. The highest BCUT2D eigenvalue weighted by molar-refractivity contribution is 5.98. The van der Waals surface area contributed by atoms with Crippen LogP contribution in [-0.2, 0) is 28.7 Å². The largest absolute Gasteiger partial charge is 0.393 e. The lowest BCUT2D eigenvalue weighted by molar-refractivity contribution is -0.154. The quantitative estimate of drug-likeness (QED) is 0.418. The van der Waals surface area contributed by atoms with Crippen LogP contribution in [0, 0.1) is 35.5 Å². The van der Waals surface area contributed by atoms with Crippen molar-refractivity contribution < 1.29 is 28.7 Å². The summed E-state index contributed by atoms with van der Waals surface area (Å²) in [4.78, 5) is 44.9. The van der Waals surface area contributed by atoms with E-state index in [1.54, 1.807) is 14.2 Å². The number of ether oxygens (including phenoxy) is 2. The minimum Gasteiger partial charge on any atom is -0.393 e. The minimum absolute atomic E-state index is 0.0376. The molecule has 2 saturated carbocycles. The van der Waals surface area contributed by atoms with Crippen molar-refractivity contribution in [3.05, 3.63) is 0 Å². The Labute approximate surface area is 116 Å². The van der Waals surface area contributed by atoms with Crippen LogP contribution < -0.4 is 0 Å². The second-order valence-electron chi connectivity index (χ2n) is 5.54. The molecule has 0 aromatic rings. The average molecular weight is 282 g/mol. The van der Waals surface area contributed by atoms with E-state index in [-0.39, 0.29) is 30.1 Å². The van der Waals surface area contributed by atoms with E-state index in [0.717, 1.165) is 12.6 Å². The molecule has 0 radical (unpaired) electrons. The first kappa shape index (κ1) is 14.8. The maximum atomic E-state index is 11.6. The van der Waals surface area contributed by atoms with Gasteiger partial charge in [0.15, 0.2) is 0 Å². The highest BCUT2D eigenvalue weighted by atomic mass is 16.6. The predicted octanol–water partition coefficient (Wildman–Crippen LogP) is 0.235. The van der Waals surface area contributed by atoms with E-state index in [2.05, 4.69) is 9.47 Å². The molecule has 6 unspecified atom stereocenters. The summed E-state index contributed by atoms with van der Waals surface area (Å²) in [6.45, 7) is 0. The lowest BCUT2D eigenvalue weighted by Gasteiger charge is -2.30. The second kappa shape index (κ2) is 5.83. The normalized spacial score (nSPS) is 40.7. The van der Waals surface area contributed by atoms with E-state index in [9.17, 15) is 19.2 Å². The lowest BCUT2D eigenvalue weighted by atomic mass is 9.69. The van der Waals surface area contributed by atoms with Crippen LogP contribution >= 0.6 is 0 Å². The van der Waals surface area contributed by atoms with Gasteiger partial charge < -0.3 is 19.1 Å². The van der Waals surface area contributed by atoms with Gasteiger partial charge in [0.25, 0.3) is 0 Å². The van der Waals surface area contributed by atoms with E-state index in [1.807, 2.05) is 0 Å². The molecule has 3 fully saturated rings. The summed E-state index contributed by atoms with van der Waals surface area (Å²) >= 11 is 0. The number of methoxy groups -OCH3 is 1. The van der Waals surface area contributed by atoms with Crippen LogP contribution in [0.2, 0.25) is 0 Å². The summed E-state index contributed by atoms with van der Waals surface area (Å²) in [6.07, 6.45) is 2.61. The number of carbonyl (C=O) groups excluding carboxylic acids is 4. The molecule has 20 heavy (non-hydrogen) atoms. The number of aldehydes is 2. The highest BCUT2D eigenvalue weighted by Crippen LogP contribution is 2.60. The Balaban J connectivity index is 0.000000452. The van der Waals surface area contributed by atoms with Gasteiger partial charge in [-0.3, -0.25) is 9.59 Å². The van der Waals surface area contributed by atoms with Gasteiger partial charge in [0.05, 0.1) is 11.8 Å². The molecule has 3 rings (SSSR count). The third-order valence-electron chi connectivity index (χ3n) is 4.66. The summed E-state index contributed by atoms with van der Waals surface area (Å²) in [5, 5.41) is 0. The van der Waals surface area contributed by atoms with Gasteiger partial charge in [-0.15, -0.1) is 0 Å². The number of rotatable bonds is 3. The molecule has 0 aromatic carbocycles. The van der Waals surface area contributed by atoms with Gasteiger partial charge in [0.1, 0.15) is 12.6 Å². The highest BCUT2D eigenvalue weighted by Gasteiger charge is 2.66. The number of carbonyl (C=O) groups is 4. The number of hydrogen-bond donors (Lipinski definition) is 0. The smallest absolute Gasteiger partial charge is 0.317 e. The van der Waals surface area contributed by atoms with Crippen molar-refractivity contribution in [2.45, 2.75) is 12.8 Å².